The lowest BCUT2D eigenvalue weighted by Crippen LogP contribution is -2.25. The van der Waals surface area contributed by atoms with Crippen LogP contribution in [0.15, 0.2) is 84.9 Å². The van der Waals surface area contributed by atoms with Crippen molar-refractivity contribution in [2.75, 3.05) is 0 Å². The van der Waals surface area contributed by atoms with Gasteiger partial charge in [-0.25, -0.2) is 4.39 Å². The highest BCUT2D eigenvalue weighted by molar-refractivity contribution is 7.85. The summed E-state index contributed by atoms with van der Waals surface area (Å²) in [5.74, 6) is -0.375. The Bertz CT molecular complexity index is 741. The van der Waals surface area contributed by atoms with E-state index in [1.807, 2.05) is 60.7 Å². The number of hydrogen-bond donors (Lipinski definition) is 0. The fraction of sp³-hybridized carbons (Fsp3) is 0. The zero-order valence-electron chi connectivity index (χ0n) is 11.3. The normalized spacial score (nSPS) is 11.3. The summed E-state index contributed by atoms with van der Waals surface area (Å²) < 4.78 is 27.4. The van der Waals surface area contributed by atoms with Gasteiger partial charge in [-0.15, -0.1) is 0 Å². The lowest BCUT2D eigenvalue weighted by Gasteiger charge is -2.19. The van der Waals surface area contributed by atoms with Crippen molar-refractivity contribution in [3.63, 3.8) is 0 Å². The maximum Gasteiger partial charge on any atom is 0.171 e. The summed E-state index contributed by atoms with van der Waals surface area (Å²) >= 11 is 0. The van der Waals surface area contributed by atoms with Crippen molar-refractivity contribution in [2.45, 2.75) is 0 Å². The van der Waals surface area contributed by atoms with E-state index < -0.39 is 7.14 Å². The van der Waals surface area contributed by atoms with Crippen LogP contribution in [0, 0.1) is 5.82 Å². The van der Waals surface area contributed by atoms with E-state index in [2.05, 4.69) is 0 Å². The van der Waals surface area contributed by atoms with Gasteiger partial charge in [-0.2, -0.15) is 0 Å². The van der Waals surface area contributed by atoms with Crippen LogP contribution in [-0.4, -0.2) is 0 Å². The Morgan fingerprint density at radius 2 is 1.10 bits per heavy atom. The number of hydrogen-bond acceptors (Lipinski definition) is 1. The molecule has 21 heavy (non-hydrogen) atoms. The van der Waals surface area contributed by atoms with Crippen molar-refractivity contribution >= 4 is 23.1 Å². The zero-order chi connectivity index (χ0) is 14.7. The van der Waals surface area contributed by atoms with E-state index >= 15 is 0 Å². The molecule has 0 aliphatic carbocycles. The summed E-state index contributed by atoms with van der Waals surface area (Å²) in [6, 6.07) is 24.5. The minimum atomic E-state index is -3.04. The van der Waals surface area contributed by atoms with Crippen LogP contribution in [-0.2, 0) is 4.57 Å². The van der Waals surface area contributed by atoms with Crippen molar-refractivity contribution in [3.05, 3.63) is 90.7 Å². The summed E-state index contributed by atoms with van der Waals surface area (Å²) in [6.07, 6.45) is 0. The van der Waals surface area contributed by atoms with E-state index in [1.165, 1.54) is 12.1 Å². The molecule has 3 rings (SSSR count). The Morgan fingerprint density at radius 1 is 0.619 bits per heavy atom. The third-order valence-corrected chi connectivity index (χ3v) is 6.47. The topological polar surface area (TPSA) is 17.1 Å². The number of rotatable bonds is 3. The first-order valence-corrected chi connectivity index (χ1v) is 8.39. The van der Waals surface area contributed by atoms with E-state index in [-0.39, 0.29) is 5.82 Å². The highest BCUT2D eigenvalue weighted by Gasteiger charge is 2.29. The Morgan fingerprint density at radius 3 is 1.57 bits per heavy atom. The second kappa shape index (κ2) is 5.67. The fourth-order valence-corrected chi connectivity index (χ4v) is 5.07. The molecule has 0 saturated carbocycles. The standard InChI is InChI=1S/C18H14FOP/c19-15-8-7-13-18(14-15)21(20,16-9-3-1-4-10-16)17-11-5-2-6-12-17/h1-14H. The molecule has 0 spiro atoms. The van der Waals surface area contributed by atoms with E-state index in [4.69, 9.17) is 0 Å². The van der Waals surface area contributed by atoms with Crippen LogP contribution in [0.3, 0.4) is 0 Å². The van der Waals surface area contributed by atoms with Crippen molar-refractivity contribution < 1.29 is 8.96 Å². The summed E-state index contributed by atoms with van der Waals surface area (Å²) in [6.45, 7) is 0. The van der Waals surface area contributed by atoms with Gasteiger partial charge in [-0.05, 0) is 12.1 Å². The molecule has 0 radical (unpaired) electrons. The molecular weight excluding hydrogens is 282 g/mol. The Hall–Kier alpha value is -2.18. The minimum Gasteiger partial charge on any atom is -0.309 e. The van der Waals surface area contributed by atoms with Gasteiger partial charge >= 0.3 is 0 Å². The molecule has 0 saturated heterocycles. The average molecular weight is 296 g/mol. The molecule has 3 heteroatoms. The van der Waals surface area contributed by atoms with Crippen LogP contribution in [0.5, 0.6) is 0 Å². The third-order valence-electron chi connectivity index (χ3n) is 3.41. The van der Waals surface area contributed by atoms with Gasteiger partial charge in [0, 0.05) is 15.9 Å². The third kappa shape index (κ3) is 2.55. The summed E-state index contributed by atoms with van der Waals surface area (Å²) in [7, 11) is -3.04. The van der Waals surface area contributed by atoms with Gasteiger partial charge in [0.05, 0.1) is 0 Å². The molecule has 0 N–H and O–H groups in total. The van der Waals surface area contributed by atoms with Crippen LogP contribution in [0.4, 0.5) is 4.39 Å². The molecule has 0 fully saturated rings. The molecule has 0 aromatic heterocycles. The van der Waals surface area contributed by atoms with Gasteiger partial charge in [0.25, 0.3) is 0 Å². The van der Waals surface area contributed by atoms with Gasteiger partial charge in [0.1, 0.15) is 5.82 Å². The summed E-state index contributed by atoms with van der Waals surface area (Å²) in [4.78, 5) is 0. The van der Waals surface area contributed by atoms with Crippen LogP contribution in [0.25, 0.3) is 0 Å². The predicted molar refractivity (Wildman–Crippen MR) is 85.8 cm³/mol. The van der Waals surface area contributed by atoms with Gasteiger partial charge in [-0.3, -0.25) is 0 Å². The fourth-order valence-electron chi connectivity index (χ4n) is 2.40. The molecule has 0 heterocycles. The lowest BCUT2D eigenvalue weighted by atomic mass is 10.3. The maximum absolute atomic E-state index is 13.8. The quantitative estimate of drug-likeness (QED) is 0.676. The van der Waals surface area contributed by atoms with Crippen LogP contribution in [0.2, 0.25) is 0 Å². The van der Waals surface area contributed by atoms with E-state index in [9.17, 15) is 8.96 Å². The Kier molecular flexibility index (Phi) is 3.72. The van der Waals surface area contributed by atoms with Crippen LogP contribution < -0.4 is 15.9 Å². The van der Waals surface area contributed by atoms with Gasteiger partial charge in [0.15, 0.2) is 7.14 Å². The highest BCUT2D eigenvalue weighted by Crippen LogP contribution is 2.42. The van der Waals surface area contributed by atoms with Crippen molar-refractivity contribution in [3.8, 4) is 0 Å². The second-order valence-electron chi connectivity index (χ2n) is 4.76. The lowest BCUT2D eigenvalue weighted by molar-refractivity contribution is 0.591. The molecule has 0 bridgehead atoms. The first-order chi connectivity index (χ1) is 10.2. The Balaban J connectivity index is 2.29. The molecule has 0 aliphatic heterocycles. The van der Waals surface area contributed by atoms with E-state index in [0.29, 0.717) is 15.9 Å². The van der Waals surface area contributed by atoms with E-state index in [1.54, 1.807) is 12.1 Å². The molecule has 1 nitrogen and oxygen atoms in total. The first kappa shape index (κ1) is 13.8. The SMILES string of the molecule is O=P(c1ccccc1)(c1ccccc1)c1cccc(F)c1. The highest BCUT2D eigenvalue weighted by atomic mass is 31.2. The van der Waals surface area contributed by atoms with E-state index in [0.717, 1.165) is 0 Å². The largest absolute Gasteiger partial charge is 0.309 e. The molecule has 0 amide bonds. The van der Waals surface area contributed by atoms with Crippen LogP contribution in [0.1, 0.15) is 0 Å². The smallest absolute Gasteiger partial charge is 0.171 e. The molecule has 3 aromatic rings. The van der Waals surface area contributed by atoms with Gasteiger partial charge < -0.3 is 4.57 Å². The number of halogens is 1. The van der Waals surface area contributed by atoms with Crippen molar-refractivity contribution in [2.24, 2.45) is 0 Å². The number of benzene rings is 3. The molecule has 0 aliphatic rings. The molecule has 0 atom stereocenters. The molecular formula is C18H14FOP. The van der Waals surface area contributed by atoms with Crippen LogP contribution >= 0.6 is 7.14 Å². The van der Waals surface area contributed by atoms with Crippen molar-refractivity contribution in [1.29, 1.82) is 0 Å². The predicted octanol–water partition coefficient (Wildman–Crippen LogP) is 3.47. The average Bonchev–Trinajstić information content (AvgIpc) is 2.56. The second-order valence-corrected chi connectivity index (χ2v) is 7.53. The molecule has 104 valence electrons. The van der Waals surface area contributed by atoms with Crippen molar-refractivity contribution in [1.82, 2.24) is 0 Å². The van der Waals surface area contributed by atoms with Gasteiger partial charge in [-0.1, -0.05) is 72.8 Å². The zero-order valence-corrected chi connectivity index (χ0v) is 12.2. The molecule has 3 aromatic carbocycles. The summed E-state index contributed by atoms with van der Waals surface area (Å²) in [5, 5.41) is 1.93. The minimum absolute atomic E-state index is 0.375. The monoisotopic (exact) mass is 296 g/mol. The first-order valence-electron chi connectivity index (χ1n) is 6.69. The Labute approximate surface area is 123 Å². The maximum atomic E-state index is 13.8. The summed E-state index contributed by atoms with van der Waals surface area (Å²) in [5.41, 5.74) is 0. The van der Waals surface area contributed by atoms with Gasteiger partial charge in [0.2, 0.25) is 0 Å². The molecule has 0 unspecified atom stereocenters.